The number of pyridine rings is 1. The lowest BCUT2D eigenvalue weighted by Gasteiger charge is -2.32. The molecule has 7 aromatic rings. The van der Waals surface area contributed by atoms with E-state index in [0.717, 1.165) is 60.6 Å². The molecule has 1 fully saturated rings. The first-order valence-electron chi connectivity index (χ1n) is 16.1. The lowest BCUT2D eigenvalue weighted by Crippen LogP contribution is -2.41. The summed E-state index contributed by atoms with van der Waals surface area (Å²) in [6.07, 6.45) is 0. The quantitative estimate of drug-likeness (QED) is 0.109. The number of benzene rings is 5. The van der Waals surface area contributed by atoms with E-state index in [9.17, 15) is 5.26 Å². The molecular weight excluding hydrogens is 605 g/mol. The summed E-state index contributed by atoms with van der Waals surface area (Å²) in [5.74, 6) is 0. The SMILES string of the molecule is [C-]#[N+]c1ccc(-c2nc3ccc4c(-c5ccc(B6OC(C)(C)C(C)(C)O6)cc5)nc5ccccc5c4c3nc2-c2ccc(C#N)cc2)cc1. The van der Waals surface area contributed by atoms with Crippen LogP contribution < -0.4 is 5.46 Å². The molecule has 7 nitrogen and oxygen atoms in total. The highest BCUT2D eigenvalue weighted by atomic mass is 16.7. The van der Waals surface area contributed by atoms with E-state index >= 15 is 0 Å². The molecule has 0 unspecified atom stereocenters. The Bertz CT molecular complexity index is 2500. The van der Waals surface area contributed by atoms with Crippen LogP contribution in [-0.4, -0.2) is 33.3 Å². The van der Waals surface area contributed by atoms with Crippen LogP contribution in [0.25, 0.3) is 71.3 Å². The van der Waals surface area contributed by atoms with Crippen molar-refractivity contribution >= 4 is 51.0 Å². The molecule has 5 aromatic carbocycles. The predicted octanol–water partition coefficient (Wildman–Crippen LogP) is 9.05. The fourth-order valence-corrected chi connectivity index (χ4v) is 6.35. The van der Waals surface area contributed by atoms with E-state index < -0.39 is 18.3 Å². The average molecular weight is 636 g/mol. The van der Waals surface area contributed by atoms with Gasteiger partial charge in [-0.25, -0.2) is 19.8 Å². The lowest BCUT2D eigenvalue weighted by molar-refractivity contribution is 0.00578. The molecule has 0 atom stereocenters. The molecule has 234 valence electrons. The molecule has 3 heterocycles. The minimum atomic E-state index is -0.452. The Morgan fingerprint density at radius 2 is 1.20 bits per heavy atom. The number of rotatable bonds is 4. The highest BCUT2D eigenvalue weighted by molar-refractivity contribution is 6.62. The van der Waals surface area contributed by atoms with Crippen LogP contribution in [0.3, 0.4) is 0 Å². The smallest absolute Gasteiger partial charge is 0.399 e. The van der Waals surface area contributed by atoms with Gasteiger partial charge < -0.3 is 9.31 Å². The molecule has 8 rings (SSSR count). The Kier molecular flexibility index (Phi) is 7.05. The molecule has 0 bridgehead atoms. The maximum Gasteiger partial charge on any atom is 0.494 e. The third-order valence-corrected chi connectivity index (χ3v) is 9.76. The van der Waals surface area contributed by atoms with E-state index in [1.807, 2.05) is 48.5 Å². The number of nitriles is 1. The van der Waals surface area contributed by atoms with Crippen molar-refractivity contribution in [2.75, 3.05) is 0 Å². The molecule has 0 aliphatic carbocycles. The molecule has 0 N–H and O–H groups in total. The van der Waals surface area contributed by atoms with Gasteiger partial charge in [-0.15, -0.1) is 0 Å². The van der Waals surface area contributed by atoms with Crippen molar-refractivity contribution in [3.8, 4) is 39.8 Å². The maximum atomic E-state index is 9.45. The van der Waals surface area contributed by atoms with Crippen LogP contribution in [0.5, 0.6) is 0 Å². The number of hydrogen-bond donors (Lipinski definition) is 0. The zero-order chi connectivity index (χ0) is 33.9. The third-order valence-electron chi connectivity index (χ3n) is 9.76. The highest BCUT2D eigenvalue weighted by Crippen LogP contribution is 2.40. The molecule has 49 heavy (non-hydrogen) atoms. The summed E-state index contributed by atoms with van der Waals surface area (Å²) in [4.78, 5) is 19.3. The fraction of sp³-hybridized carbons (Fsp3) is 0.146. The average Bonchev–Trinajstić information content (AvgIpc) is 3.36. The van der Waals surface area contributed by atoms with Gasteiger partial charge in [0, 0.05) is 27.3 Å². The second-order valence-corrected chi connectivity index (χ2v) is 13.3. The van der Waals surface area contributed by atoms with Crippen LogP contribution in [-0.2, 0) is 9.31 Å². The van der Waals surface area contributed by atoms with Gasteiger partial charge >= 0.3 is 7.12 Å². The molecule has 1 saturated heterocycles. The molecule has 0 spiro atoms. The van der Waals surface area contributed by atoms with E-state index in [0.29, 0.717) is 22.6 Å². The Morgan fingerprint density at radius 3 is 1.86 bits per heavy atom. The largest absolute Gasteiger partial charge is 0.494 e. The van der Waals surface area contributed by atoms with Crippen molar-refractivity contribution in [3.05, 3.63) is 126 Å². The molecule has 0 radical (unpaired) electrons. The predicted molar refractivity (Wildman–Crippen MR) is 195 cm³/mol. The molecule has 0 saturated carbocycles. The summed E-state index contributed by atoms with van der Waals surface area (Å²) in [7, 11) is -0.452. The standard InChI is InChI=1S/C41H30BN5O2/c1-40(2)41(3,4)49-42(48-40)29-18-14-26(15-19-29)36-32-22-23-34-39(35(32)31-8-6-7-9-33(31)45-36)47-38(27-12-10-25(24-43)11-13-27)37(46-34)28-16-20-30(44-5)21-17-28/h6-23H,1-4H3. The first kappa shape index (κ1) is 30.4. The zero-order valence-corrected chi connectivity index (χ0v) is 27.5. The first-order chi connectivity index (χ1) is 23.7. The number of hydrogen-bond acceptors (Lipinski definition) is 6. The van der Waals surface area contributed by atoms with Crippen molar-refractivity contribution in [3.63, 3.8) is 0 Å². The summed E-state index contributed by atoms with van der Waals surface area (Å²) >= 11 is 0. The minimum Gasteiger partial charge on any atom is -0.399 e. The molecule has 1 aliphatic heterocycles. The van der Waals surface area contributed by atoms with E-state index in [1.165, 1.54) is 0 Å². The van der Waals surface area contributed by atoms with Gasteiger partial charge in [-0.05, 0) is 69.1 Å². The minimum absolute atomic E-state index is 0.424. The van der Waals surface area contributed by atoms with Crippen LogP contribution in [0.2, 0.25) is 0 Å². The molecule has 1 aliphatic rings. The number of nitrogens with zero attached hydrogens (tertiary/aromatic N) is 5. The van der Waals surface area contributed by atoms with Gasteiger partial charge in [0.1, 0.15) is 0 Å². The fourth-order valence-electron chi connectivity index (χ4n) is 6.35. The Balaban J connectivity index is 1.34. The summed E-state index contributed by atoms with van der Waals surface area (Å²) in [6, 6.07) is 37.4. The Labute approximate surface area is 284 Å². The molecule has 8 heteroatoms. The monoisotopic (exact) mass is 635 g/mol. The molecular formula is C41H30BN5O2. The van der Waals surface area contributed by atoms with Crippen molar-refractivity contribution in [1.82, 2.24) is 15.0 Å². The van der Waals surface area contributed by atoms with Gasteiger partial charge in [0.2, 0.25) is 0 Å². The topological polar surface area (TPSA) is 85.3 Å². The van der Waals surface area contributed by atoms with E-state index in [4.69, 9.17) is 30.8 Å². The number of para-hydroxylation sites is 1. The van der Waals surface area contributed by atoms with Crippen LogP contribution in [0, 0.1) is 17.9 Å². The summed E-state index contributed by atoms with van der Waals surface area (Å²) < 4.78 is 12.6. The zero-order valence-electron chi connectivity index (χ0n) is 27.5. The Hall–Kier alpha value is -5.93. The van der Waals surface area contributed by atoms with Crippen molar-refractivity contribution in [2.45, 2.75) is 38.9 Å². The van der Waals surface area contributed by atoms with Crippen molar-refractivity contribution in [1.29, 1.82) is 5.26 Å². The van der Waals surface area contributed by atoms with E-state index in [-0.39, 0.29) is 0 Å². The van der Waals surface area contributed by atoms with Crippen LogP contribution in [0.4, 0.5) is 5.69 Å². The van der Waals surface area contributed by atoms with Gasteiger partial charge in [0.15, 0.2) is 5.69 Å². The van der Waals surface area contributed by atoms with Gasteiger partial charge in [0.05, 0.1) is 63.0 Å². The van der Waals surface area contributed by atoms with E-state index in [2.05, 4.69) is 75.0 Å². The normalized spacial score (nSPS) is 15.0. The van der Waals surface area contributed by atoms with E-state index in [1.54, 1.807) is 24.3 Å². The summed E-state index contributed by atoms with van der Waals surface area (Å²) in [6.45, 7) is 15.6. The summed E-state index contributed by atoms with van der Waals surface area (Å²) in [5, 5.41) is 12.4. The van der Waals surface area contributed by atoms with Gasteiger partial charge in [0.25, 0.3) is 0 Å². The molecule has 0 amide bonds. The number of fused-ring (bicyclic) bond motifs is 5. The third kappa shape index (κ3) is 5.10. The van der Waals surface area contributed by atoms with Crippen molar-refractivity contribution < 1.29 is 9.31 Å². The van der Waals surface area contributed by atoms with Gasteiger partial charge in [-0.2, -0.15) is 5.26 Å². The van der Waals surface area contributed by atoms with Gasteiger partial charge in [-0.3, -0.25) is 0 Å². The maximum absolute atomic E-state index is 9.45. The second-order valence-electron chi connectivity index (χ2n) is 13.3. The summed E-state index contributed by atoms with van der Waals surface area (Å²) in [5.41, 5.74) is 8.47. The molecule has 2 aromatic heterocycles. The number of aromatic nitrogens is 3. The van der Waals surface area contributed by atoms with Crippen LogP contribution in [0.1, 0.15) is 33.3 Å². The van der Waals surface area contributed by atoms with Crippen LogP contribution >= 0.6 is 0 Å². The Morgan fingerprint density at radius 1 is 0.633 bits per heavy atom. The second kappa shape index (κ2) is 11.4. The first-order valence-corrected chi connectivity index (χ1v) is 16.1. The van der Waals surface area contributed by atoms with Gasteiger partial charge in [-0.1, -0.05) is 78.9 Å². The lowest BCUT2D eigenvalue weighted by atomic mass is 9.78. The van der Waals surface area contributed by atoms with Crippen molar-refractivity contribution in [2.24, 2.45) is 0 Å². The van der Waals surface area contributed by atoms with Crippen LogP contribution in [0.15, 0.2) is 109 Å². The highest BCUT2D eigenvalue weighted by Gasteiger charge is 2.51.